The van der Waals surface area contributed by atoms with Gasteiger partial charge in [-0.2, -0.15) is 5.10 Å². The van der Waals surface area contributed by atoms with Gasteiger partial charge in [0.15, 0.2) is 0 Å². The van der Waals surface area contributed by atoms with Gasteiger partial charge < -0.3 is 10.2 Å². The van der Waals surface area contributed by atoms with E-state index in [1.165, 1.54) is 4.90 Å². The third-order valence-electron chi connectivity index (χ3n) is 3.97. The zero-order valence-electron chi connectivity index (χ0n) is 15.3. The molecule has 0 bridgehead atoms. The number of hydrogen-bond donors (Lipinski definition) is 1. The molecule has 7 heteroatoms. The fourth-order valence-electron chi connectivity index (χ4n) is 2.44. The maximum Gasteiger partial charge on any atom is 0.285 e. The summed E-state index contributed by atoms with van der Waals surface area (Å²) in [5.74, 6) is -0.0348. The Labute approximate surface area is 152 Å². The van der Waals surface area contributed by atoms with Crippen LogP contribution in [-0.2, 0) is 18.3 Å². The van der Waals surface area contributed by atoms with E-state index in [0.717, 1.165) is 39.3 Å². The van der Waals surface area contributed by atoms with Crippen molar-refractivity contribution in [3.63, 3.8) is 0 Å². The lowest BCUT2D eigenvalue weighted by Crippen LogP contribution is -2.16. The quantitative estimate of drug-likeness (QED) is 0.830. The Hall–Kier alpha value is -2.28. The van der Waals surface area contributed by atoms with Crippen LogP contribution < -0.4 is 5.32 Å². The predicted octanol–water partition coefficient (Wildman–Crippen LogP) is 3.38. The van der Waals surface area contributed by atoms with E-state index in [1.807, 2.05) is 49.8 Å². The van der Waals surface area contributed by atoms with Crippen molar-refractivity contribution in [2.45, 2.75) is 31.6 Å². The summed E-state index contributed by atoms with van der Waals surface area (Å²) in [7, 11) is 5.34. The Morgan fingerprint density at radius 3 is 2.36 bits per heavy atom. The number of thioether (sulfide) groups is 1. The molecule has 0 aliphatic rings. The van der Waals surface area contributed by atoms with Crippen molar-refractivity contribution in [1.29, 1.82) is 0 Å². The highest BCUT2D eigenvalue weighted by atomic mass is 32.2. The minimum Gasteiger partial charge on any atom is -0.339 e. The van der Waals surface area contributed by atoms with E-state index >= 15 is 0 Å². The predicted molar refractivity (Wildman–Crippen MR) is 101 cm³/mol. The largest absolute Gasteiger partial charge is 0.339 e. The van der Waals surface area contributed by atoms with Crippen molar-refractivity contribution >= 4 is 28.6 Å². The summed E-state index contributed by atoms with van der Waals surface area (Å²) < 4.78 is 1.84. The first-order valence-electron chi connectivity index (χ1n) is 8.06. The van der Waals surface area contributed by atoms with E-state index in [-0.39, 0.29) is 11.1 Å². The molecule has 0 atom stereocenters. The van der Waals surface area contributed by atoms with Crippen LogP contribution in [0.2, 0.25) is 0 Å². The average Bonchev–Trinajstić information content (AvgIpc) is 2.79. The molecular weight excluding hydrogens is 336 g/mol. The second-order valence-electron chi connectivity index (χ2n) is 6.11. The zero-order valence-corrected chi connectivity index (χ0v) is 16.1. The van der Waals surface area contributed by atoms with Gasteiger partial charge in [0.25, 0.3) is 5.24 Å². The normalized spacial score (nSPS) is 10.6. The van der Waals surface area contributed by atoms with Crippen molar-refractivity contribution in [3.05, 3.63) is 41.2 Å². The van der Waals surface area contributed by atoms with Crippen molar-refractivity contribution in [3.8, 4) is 0 Å². The lowest BCUT2D eigenvalue weighted by molar-refractivity contribution is -0.116. The van der Waals surface area contributed by atoms with Gasteiger partial charge in [-0.05, 0) is 61.9 Å². The number of aromatic nitrogens is 2. The summed E-state index contributed by atoms with van der Waals surface area (Å²) in [6.07, 6.45) is 1.08. The minimum atomic E-state index is -0.0348. The molecule has 1 aromatic heterocycles. The minimum absolute atomic E-state index is 0.0287. The Bertz CT molecular complexity index is 766. The standard InChI is InChI=1S/C18H24N4O2S/c1-12-16(13(2)22(5)20-12)10-11-17(23)19-14-6-8-15(9-7-14)25-18(24)21(3)4/h6-9H,10-11H2,1-5H3,(H,19,23). The first-order valence-corrected chi connectivity index (χ1v) is 8.87. The zero-order chi connectivity index (χ0) is 18.6. The molecule has 0 radical (unpaired) electrons. The molecule has 134 valence electrons. The molecule has 25 heavy (non-hydrogen) atoms. The maximum atomic E-state index is 12.2. The highest BCUT2D eigenvalue weighted by Gasteiger charge is 2.12. The van der Waals surface area contributed by atoms with Crippen molar-refractivity contribution in [2.24, 2.45) is 7.05 Å². The van der Waals surface area contributed by atoms with Gasteiger partial charge in [-0.25, -0.2) is 0 Å². The number of carbonyl (C=O) groups is 2. The molecule has 0 aliphatic heterocycles. The van der Waals surface area contributed by atoms with Crippen LogP contribution in [0.15, 0.2) is 29.2 Å². The SMILES string of the molecule is Cc1nn(C)c(C)c1CCC(=O)Nc1ccc(SC(=O)N(C)C)cc1. The van der Waals surface area contributed by atoms with Gasteiger partial charge in [-0.1, -0.05) is 0 Å². The third kappa shape index (κ3) is 5.09. The van der Waals surface area contributed by atoms with Crippen molar-refractivity contribution in [2.75, 3.05) is 19.4 Å². The van der Waals surface area contributed by atoms with Crippen molar-refractivity contribution < 1.29 is 9.59 Å². The first kappa shape index (κ1) is 19.1. The molecule has 0 saturated carbocycles. The molecule has 0 saturated heterocycles. The van der Waals surface area contributed by atoms with E-state index < -0.39 is 0 Å². The molecule has 2 aromatic rings. The van der Waals surface area contributed by atoms with Gasteiger partial charge in [0.2, 0.25) is 5.91 Å². The van der Waals surface area contributed by atoms with E-state index in [9.17, 15) is 9.59 Å². The summed E-state index contributed by atoms with van der Waals surface area (Å²) >= 11 is 1.16. The van der Waals surface area contributed by atoms with Gasteiger partial charge in [-0.3, -0.25) is 14.3 Å². The van der Waals surface area contributed by atoms with E-state index in [2.05, 4.69) is 10.4 Å². The number of aryl methyl sites for hydroxylation is 2. The van der Waals surface area contributed by atoms with Crippen LogP contribution in [0.25, 0.3) is 0 Å². The van der Waals surface area contributed by atoms with Gasteiger partial charge in [0.05, 0.1) is 5.69 Å². The van der Waals surface area contributed by atoms with Gasteiger partial charge >= 0.3 is 0 Å². The summed E-state index contributed by atoms with van der Waals surface area (Å²) in [5.41, 5.74) is 3.93. The number of amides is 2. The van der Waals surface area contributed by atoms with Gasteiger partial charge in [0, 0.05) is 43.8 Å². The van der Waals surface area contributed by atoms with E-state index in [0.29, 0.717) is 12.8 Å². The second kappa shape index (κ2) is 8.20. The van der Waals surface area contributed by atoms with Crippen LogP contribution in [0.1, 0.15) is 23.4 Å². The van der Waals surface area contributed by atoms with Crippen LogP contribution in [0.5, 0.6) is 0 Å². The first-order chi connectivity index (χ1) is 11.8. The van der Waals surface area contributed by atoms with Crippen LogP contribution in [0.4, 0.5) is 10.5 Å². The van der Waals surface area contributed by atoms with Crippen LogP contribution in [0, 0.1) is 13.8 Å². The van der Waals surface area contributed by atoms with E-state index in [1.54, 1.807) is 14.1 Å². The molecule has 2 rings (SSSR count). The fraction of sp³-hybridized carbons (Fsp3) is 0.389. The average molecular weight is 360 g/mol. The molecule has 0 unspecified atom stereocenters. The number of nitrogens with one attached hydrogen (secondary N) is 1. The number of carbonyl (C=O) groups excluding carboxylic acids is 2. The topological polar surface area (TPSA) is 67.2 Å². The van der Waals surface area contributed by atoms with Crippen molar-refractivity contribution in [1.82, 2.24) is 14.7 Å². The van der Waals surface area contributed by atoms with Gasteiger partial charge in [-0.15, -0.1) is 0 Å². The molecule has 1 aromatic carbocycles. The van der Waals surface area contributed by atoms with E-state index in [4.69, 9.17) is 0 Å². The smallest absolute Gasteiger partial charge is 0.285 e. The van der Waals surface area contributed by atoms with Crippen LogP contribution >= 0.6 is 11.8 Å². The third-order valence-corrected chi connectivity index (χ3v) is 5.02. The molecule has 0 fully saturated rings. The molecule has 6 nitrogen and oxygen atoms in total. The van der Waals surface area contributed by atoms with Gasteiger partial charge in [0.1, 0.15) is 0 Å². The second-order valence-corrected chi connectivity index (χ2v) is 7.13. The summed E-state index contributed by atoms with van der Waals surface area (Å²) in [5, 5.41) is 7.23. The molecule has 2 amide bonds. The maximum absolute atomic E-state index is 12.2. The number of nitrogens with zero attached hydrogens (tertiary/aromatic N) is 3. The highest BCUT2D eigenvalue weighted by molar-refractivity contribution is 8.13. The lowest BCUT2D eigenvalue weighted by atomic mass is 10.1. The Kier molecular flexibility index (Phi) is 6.25. The number of rotatable bonds is 5. The Morgan fingerprint density at radius 1 is 1.20 bits per heavy atom. The summed E-state index contributed by atoms with van der Waals surface area (Å²) in [6.45, 7) is 3.98. The lowest BCUT2D eigenvalue weighted by Gasteiger charge is -2.10. The summed E-state index contributed by atoms with van der Waals surface area (Å²) in [6, 6.07) is 7.28. The number of anilines is 1. The van der Waals surface area contributed by atoms with Crippen LogP contribution in [-0.4, -0.2) is 39.9 Å². The molecular formula is C18H24N4O2S. The Morgan fingerprint density at radius 2 is 1.84 bits per heavy atom. The number of hydrogen-bond acceptors (Lipinski definition) is 4. The number of benzene rings is 1. The van der Waals surface area contributed by atoms with Crippen LogP contribution in [0.3, 0.4) is 0 Å². The molecule has 0 aliphatic carbocycles. The fourth-order valence-corrected chi connectivity index (χ4v) is 3.10. The Balaban J connectivity index is 1.89. The molecule has 1 heterocycles. The highest BCUT2D eigenvalue weighted by Crippen LogP contribution is 2.22. The summed E-state index contributed by atoms with van der Waals surface area (Å²) in [4.78, 5) is 26.2. The molecule has 1 N–H and O–H groups in total. The molecule has 0 spiro atoms. The monoisotopic (exact) mass is 360 g/mol.